The van der Waals surface area contributed by atoms with E-state index in [-0.39, 0.29) is 12.4 Å². The highest BCUT2D eigenvalue weighted by molar-refractivity contribution is 7.92. The molecule has 1 rings (SSSR count). The molecule has 1 fully saturated rings. The van der Waals surface area contributed by atoms with Gasteiger partial charge in [-0.15, -0.1) is 12.4 Å². The molecule has 14 heteroatoms. The van der Waals surface area contributed by atoms with E-state index in [1.807, 2.05) is 0 Å². The van der Waals surface area contributed by atoms with Crippen molar-refractivity contribution in [1.29, 1.82) is 0 Å². The van der Waals surface area contributed by atoms with Crippen molar-refractivity contribution < 1.29 is 29.1 Å². The molecule has 0 aromatic heterocycles. The lowest BCUT2D eigenvalue weighted by atomic mass is 10.0. The number of carbonyl (C=O) groups is 2. The molecule has 1 saturated heterocycles. The molecule has 0 radical (unpaired) electrons. The summed E-state index contributed by atoms with van der Waals surface area (Å²) in [5.41, 5.74) is 2.72. The van der Waals surface area contributed by atoms with Crippen LogP contribution in [-0.4, -0.2) is 72.6 Å². The number of carboxylic acids is 1. The zero-order valence-electron chi connectivity index (χ0n) is 10.9. The van der Waals surface area contributed by atoms with Crippen LogP contribution in [0.1, 0.15) is 0 Å². The van der Waals surface area contributed by atoms with Crippen LogP contribution in [0.2, 0.25) is 0 Å². The summed E-state index contributed by atoms with van der Waals surface area (Å²) >= 11 is -1.87. The zero-order valence-corrected chi connectivity index (χ0v) is 12.6. The smallest absolute Gasteiger partial charge is 0.492 e. The fraction of sp³-hybridized carbons (Fsp3) is 0.750. The van der Waals surface area contributed by atoms with Crippen LogP contribution in [0.3, 0.4) is 0 Å². The number of hydrogen-bond acceptors (Lipinski definition) is 8. The molecule has 1 unspecified atom stereocenters. The van der Waals surface area contributed by atoms with Crippen molar-refractivity contribution in [2.45, 2.75) is 11.7 Å². The number of nitrogens with two attached hydrogens (primary N) is 1. The van der Waals surface area contributed by atoms with E-state index < -0.39 is 69.2 Å². The molecule has 126 valence electrons. The highest BCUT2D eigenvalue weighted by atomic mass is 35.5. The molecule has 1 heterocycles. The topological polar surface area (TPSA) is 193 Å². The van der Waals surface area contributed by atoms with Gasteiger partial charge in [-0.2, -0.15) is 0 Å². The van der Waals surface area contributed by atoms with E-state index >= 15 is 0 Å². The van der Waals surface area contributed by atoms with E-state index in [9.17, 15) is 34.4 Å². The van der Waals surface area contributed by atoms with Crippen LogP contribution in [-0.2, 0) is 20.8 Å². The van der Waals surface area contributed by atoms with E-state index in [0.29, 0.717) is 0 Å². The Morgan fingerprint density at radius 1 is 1.32 bits per heavy atom. The normalized spacial score (nSPS) is 18.4. The van der Waals surface area contributed by atoms with Crippen molar-refractivity contribution in [1.82, 2.24) is 4.90 Å². The van der Waals surface area contributed by atoms with E-state index in [4.69, 9.17) is 10.8 Å². The predicted molar refractivity (Wildman–Crippen MR) is 74.0 cm³/mol. The Bertz CT molecular complexity index is 469. The minimum absolute atomic E-state index is 0. The molecule has 1 aliphatic heterocycles. The van der Waals surface area contributed by atoms with Gasteiger partial charge in [-0.1, -0.05) is 0 Å². The fourth-order valence-corrected chi connectivity index (χ4v) is 2.72. The lowest BCUT2D eigenvalue weighted by Crippen LogP contribution is -2.71. The third-order valence-corrected chi connectivity index (χ3v) is 4.19. The van der Waals surface area contributed by atoms with Crippen LogP contribution in [0.15, 0.2) is 0 Å². The first-order chi connectivity index (χ1) is 9.60. The van der Waals surface area contributed by atoms with Gasteiger partial charge < -0.3 is 20.3 Å². The number of halogens is 1. The number of carbonyl (C=O) groups excluding carboxylic acids is 1. The first-order valence-electron chi connectivity index (χ1n) is 5.50. The average Bonchev–Trinajstić information content (AvgIpc) is 2.25. The molecule has 0 saturated carbocycles. The number of rotatable bonds is 7. The molecule has 0 bridgehead atoms. The van der Waals surface area contributed by atoms with Crippen LogP contribution < -0.4 is 5.73 Å². The highest BCUT2D eigenvalue weighted by Gasteiger charge is 2.67. The number of aliphatic carboxylic acids is 1. The summed E-state index contributed by atoms with van der Waals surface area (Å²) < 4.78 is 11.5. The van der Waals surface area contributed by atoms with Gasteiger partial charge in [0.25, 0.3) is 5.91 Å². The van der Waals surface area contributed by atoms with Gasteiger partial charge in [0.1, 0.15) is 21.6 Å². The number of carboxylic acid groups (broad SMARTS) is 1. The number of amides is 1. The Morgan fingerprint density at radius 3 is 2.14 bits per heavy atom. The zero-order chi connectivity index (χ0) is 16.4. The lowest BCUT2D eigenvalue weighted by molar-refractivity contribution is -0.809. The number of nitro groups is 2. The molecular formula is C8H13ClN4O8S. The van der Waals surface area contributed by atoms with Crippen LogP contribution >= 0.6 is 12.4 Å². The Labute approximate surface area is 132 Å². The molecule has 22 heavy (non-hydrogen) atoms. The van der Waals surface area contributed by atoms with Crippen LogP contribution in [0, 0.1) is 20.2 Å². The largest absolute Gasteiger partial charge is 0.616 e. The SMILES string of the molecule is Cl.N[C@H](C[S+]([O-])CC(=O)N1CC([N+](=O)[O-])([N+](=O)[O-])C1)C(=O)O. The van der Waals surface area contributed by atoms with Gasteiger partial charge in [0.2, 0.25) is 0 Å². The maximum atomic E-state index is 11.6. The maximum absolute atomic E-state index is 11.6. The summed E-state index contributed by atoms with van der Waals surface area (Å²) in [4.78, 5) is 42.0. The molecule has 0 aromatic carbocycles. The molecular weight excluding hydrogens is 348 g/mol. The summed E-state index contributed by atoms with van der Waals surface area (Å²) in [5.74, 6) is -3.21. The molecule has 12 nitrogen and oxygen atoms in total. The quantitative estimate of drug-likeness (QED) is 0.216. The second-order valence-electron chi connectivity index (χ2n) is 4.44. The third-order valence-electron chi connectivity index (χ3n) is 2.89. The summed E-state index contributed by atoms with van der Waals surface area (Å²) in [6.07, 6.45) is 0. The van der Waals surface area contributed by atoms with Gasteiger partial charge in [-0.25, -0.2) is 0 Å². The summed E-state index contributed by atoms with van der Waals surface area (Å²) in [7, 11) is 0. The monoisotopic (exact) mass is 360 g/mol. The van der Waals surface area contributed by atoms with E-state index in [1.54, 1.807) is 0 Å². The van der Waals surface area contributed by atoms with Crippen molar-refractivity contribution in [3.05, 3.63) is 20.2 Å². The Balaban J connectivity index is 0.00000441. The van der Waals surface area contributed by atoms with Gasteiger partial charge in [-0.3, -0.25) is 29.8 Å². The molecule has 0 aliphatic carbocycles. The van der Waals surface area contributed by atoms with Crippen molar-refractivity contribution in [3.63, 3.8) is 0 Å². The van der Waals surface area contributed by atoms with Gasteiger partial charge >= 0.3 is 11.6 Å². The maximum Gasteiger partial charge on any atom is 0.492 e. The Kier molecular flexibility index (Phi) is 6.95. The van der Waals surface area contributed by atoms with E-state index in [0.717, 1.165) is 4.90 Å². The second-order valence-corrected chi connectivity index (χ2v) is 5.94. The molecule has 1 amide bonds. The molecule has 2 atom stereocenters. The van der Waals surface area contributed by atoms with Crippen molar-refractivity contribution in [2.24, 2.45) is 5.73 Å². The standard InChI is InChI=1S/C8H12N4O8S.ClH/c9-5(7(14)15)1-21(20)2-6(13)10-3-8(4-10,11(16)17)12(18)19;/h5H,1-4,9H2,(H,14,15);1H/t5-,21?;/m1./s1. The minimum atomic E-state index is -2.42. The number of likely N-dealkylation sites (tertiary alicyclic amines) is 1. The van der Waals surface area contributed by atoms with Gasteiger partial charge in [-0.05, 0) is 11.2 Å². The van der Waals surface area contributed by atoms with Gasteiger partial charge in [0.05, 0.1) is 0 Å². The summed E-state index contributed by atoms with van der Waals surface area (Å²) in [6.45, 7) is -1.43. The second kappa shape index (κ2) is 7.53. The van der Waals surface area contributed by atoms with Crippen LogP contribution in [0.4, 0.5) is 0 Å². The van der Waals surface area contributed by atoms with Crippen molar-refractivity contribution in [3.8, 4) is 0 Å². The minimum Gasteiger partial charge on any atom is -0.616 e. The van der Waals surface area contributed by atoms with E-state index in [1.165, 1.54) is 0 Å². The first kappa shape index (κ1) is 20.3. The predicted octanol–water partition coefficient (Wildman–Crippen LogP) is -2.34. The average molecular weight is 361 g/mol. The van der Waals surface area contributed by atoms with Crippen LogP contribution in [0.25, 0.3) is 0 Å². The Morgan fingerprint density at radius 2 is 1.77 bits per heavy atom. The van der Waals surface area contributed by atoms with E-state index in [2.05, 4.69) is 0 Å². The lowest BCUT2D eigenvalue weighted by Gasteiger charge is -2.35. The fourth-order valence-electron chi connectivity index (χ4n) is 1.60. The molecule has 0 spiro atoms. The van der Waals surface area contributed by atoms with Crippen molar-refractivity contribution in [2.75, 3.05) is 24.6 Å². The molecule has 1 aliphatic rings. The molecule has 0 aromatic rings. The van der Waals surface area contributed by atoms with Crippen LogP contribution in [0.5, 0.6) is 0 Å². The molecule has 3 N–H and O–H groups in total. The third kappa shape index (κ3) is 4.16. The summed E-state index contributed by atoms with van der Waals surface area (Å²) in [5, 5.41) is 29.8. The summed E-state index contributed by atoms with van der Waals surface area (Å²) in [6, 6.07) is -1.40. The van der Waals surface area contributed by atoms with Gasteiger partial charge in [0, 0.05) is 0 Å². The van der Waals surface area contributed by atoms with Crippen molar-refractivity contribution >= 4 is 35.5 Å². The first-order valence-corrected chi connectivity index (χ1v) is 6.99. The highest BCUT2D eigenvalue weighted by Crippen LogP contribution is 2.25. The van der Waals surface area contributed by atoms with Gasteiger partial charge in [0.15, 0.2) is 18.8 Å². The number of nitrogens with zero attached hydrogens (tertiary/aromatic N) is 3. The Hall–Kier alpha value is -1.70. The number of hydrogen-bond donors (Lipinski definition) is 2.